The van der Waals surface area contributed by atoms with Crippen LogP contribution in [0.3, 0.4) is 0 Å². The van der Waals surface area contributed by atoms with Gasteiger partial charge in [-0.15, -0.1) is 0 Å². The minimum absolute atomic E-state index is 0.696. The van der Waals surface area contributed by atoms with E-state index in [1.807, 2.05) is 30.5 Å². The van der Waals surface area contributed by atoms with E-state index in [-0.39, 0.29) is 0 Å². The number of fused-ring (bicyclic) bond motifs is 2. The van der Waals surface area contributed by atoms with Crippen LogP contribution in [0, 0.1) is 11.3 Å². The molecule has 4 aromatic rings. The normalized spacial score (nSPS) is 11.6. The van der Waals surface area contributed by atoms with Crippen LogP contribution in [0.25, 0.3) is 32.8 Å². The molecule has 0 N–H and O–H groups in total. The molecule has 2 nitrogen and oxygen atoms in total. The van der Waals surface area contributed by atoms with E-state index in [0.29, 0.717) is 5.56 Å². The third kappa shape index (κ3) is 2.79. The number of aromatic nitrogens is 1. The fourth-order valence-electron chi connectivity index (χ4n) is 3.63. The molecular formula is C23H20GeN2. The van der Waals surface area contributed by atoms with Gasteiger partial charge in [0.25, 0.3) is 0 Å². The summed E-state index contributed by atoms with van der Waals surface area (Å²) in [5, 5.41) is 14.1. The second kappa shape index (κ2) is 6.26. The molecule has 0 unspecified atom stereocenters. The fraction of sp³-hybridized carbons (Fsp3) is 0.130. The first-order valence-electron chi connectivity index (χ1n) is 8.80. The van der Waals surface area contributed by atoms with Crippen LogP contribution >= 0.6 is 0 Å². The van der Waals surface area contributed by atoms with E-state index in [1.165, 1.54) is 15.2 Å². The van der Waals surface area contributed by atoms with Crippen LogP contribution in [0.4, 0.5) is 0 Å². The summed E-state index contributed by atoms with van der Waals surface area (Å²) in [4.78, 5) is 4.69. The zero-order valence-corrected chi connectivity index (χ0v) is 17.3. The number of nitrogens with zero attached hydrogens (tertiary/aromatic N) is 2. The van der Waals surface area contributed by atoms with Crippen molar-refractivity contribution in [2.75, 3.05) is 0 Å². The fourth-order valence-corrected chi connectivity index (χ4v) is 7.03. The van der Waals surface area contributed by atoms with Gasteiger partial charge in [-0.1, -0.05) is 0 Å². The van der Waals surface area contributed by atoms with Crippen LogP contribution in [-0.4, -0.2) is 18.3 Å². The van der Waals surface area contributed by atoms with Crippen molar-refractivity contribution in [3.8, 4) is 17.3 Å². The van der Waals surface area contributed by atoms with Crippen LogP contribution in [0.2, 0.25) is 17.3 Å². The number of rotatable bonds is 2. The molecule has 0 aliphatic rings. The van der Waals surface area contributed by atoms with Gasteiger partial charge in [0.15, 0.2) is 0 Å². The first kappa shape index (κ1) is 16.8. The standard InChI is InChI=1S/C23H20GeN2/c1-24(2,3)22-10-6-9-21-20(22)11-12-26-23(21)17-13-16-7-4-5-8-19(16)18(14-17)15-25/h4-14H,1-3H3. The second-order valence-corrected chi connectivity index (χ2v) is 18.2. The summed E-state index contributed by atoms with van der Waals surface area (Å²) in [6, 6.07) is 23.2. The molecule has 0 aliphatic heterocycles. The Bertz CT molecular complexity index is 1180. The molecule has 1 heterocycles. The van der Waals surface area contributed by atoms with Crippen molar-refractivity contribution in [3.05, 3.63) is 72.4 Å². The van der Waals surface area contributed by atoms with Crippen molar-refractivity contribution >= 4 is 39.2 Å². The maximum atomic E-state index is 9.61. The van der Waals surface area contributed by atoms with E-state index in [0.717, 1.165) is 22.0 Å². The van der Waals surface area contributed by atoms with Gasteiger partial charge in [-0.05, 0) is 0 Å². The Balaban J connectivity index is 2.05. The van der Waals surface area contributed by atoms with Gasteiger partial charge in [0, 0.05) is 0 Å². The number of pyridine rings is 1. The number of benzene rings is 3. The zero-order chi connectivity index (χ0) is 18.3. The van der Waals surface area contributed by atoms with Gasteiger partial charge in [0.05, 0.1) is 0 Å². The molecule has 0 saturated heterocycles. The molecule has 0 radical (unpaired) electrons. The Morgan fingerprint density at radius 3 is 2.38 bits per heavy atom. The summed E-state index contributed by atoms with van der Waals surface area (Å²) in [6.45, 7) is 0. The van der Waals surface area contributed by atoms with Crippen LogP contribution in [-0.2, 0) is 0 Å². The summed E-state index contributed by atoms with van der Waals surface area (Å²) >= 11 is -1.99. The van der Waals surface area contributed by atoms with E-state index in [2.05, 4.69) is 59.7 Å². The molecular weight excluding hydrogens is 377 g/mol. The average Bonchev–Trinajstić information content (AvgIpc) is 2.65. The van der Waals surface area contributed by atoms with Crippen molar-refractivity contribution in [1.29, 1.82) is 5.26 Å². The van der Waals surface area contributed by atoms with Crippen LogP contribution in [0.5, 0.6) is 0 Å². The molecule has 26 heavy (non-hydrogen) atoms. The number of hydrogen-bond acceptors (Lipinski definition) is 2. The Morgan fingerprint density at radius 1 is 0.846 bits per heavy atom. The summed E-state index contributed by atoms with van der Waals surface area (Å²) in [6.07, 6.45) is 1.90. The molecule has 0 saturated carbocycles. The Labute approximate surface area is 156 Å². The van der Waals surface area contributed by atoms with Gasteiger partial charge >= 0.3 is 156 Å². The van der Waals surface area contributed by atoms with E-state index in [1.54, 1.807) is 0 Å². The molecule has 3 heteroatoms. The van der Waals surface area contributed by atoms with Gasteiger partial charge < -0.3 is 0 Å². The van der Waals surface area contributed by atoms with Crippen LogP contribution < -0.4 is 4.40 Å². The molecule has 0 fully saturated rings. The predicted octanol–water partition coefficient (Wildman–Crippen LogP) is 5.47. The van der Waals surface area contributed by atoms with Gasteiger partial charge in [0.2, 0.25) is 0 Å². The first-order chi connectivity index (χ1) is 12.5. The topological polar surface area (TPSA) is 36.7 Å². The van der Waals surface area contributed by atoms with Crippen molar-refractivity contribution in [2.24, 2.45) is 0 Å². The van der Waals surface area contributed by atoms with Gasteiger partial charge in [0.1, 0.15) is 0 Å². The van der Waals surface area contributed by atoms with Crippen molar-refractivity contribution < 1.29 is 0 Å². The SMILES string of the molecule is [CH3][Ge]([CH3])([CH3])[c]1cccc2c(-c3cc(C#N)c4ccccc4c3)nccc12. The summed E-state index contributed by atoms with van der Waals surface area (Å²) in [5.41, 5.74) is 2.66. The molecule has 0 amide bonds. The summed E-state index contributed by atoms with van der Waals surface area (Å²) < 4.78 is 1.49. The van der Waals surface area contributed by atoms with Crippen molar-refractivity contribution in [3.63, 3.8) is 0 Å². The van der Waals surface area contributed by atoms with E-state index in [9.17, 15) is 5.26 Å². The van der Waals surface area contributed by atoms with E-state index in [4.69, 9.17) is 4.98 Å². The van der Waals surface area contributed by atoms with E-state index >= 15 is 0 Å². The molecule has 0 aliphatic carbocycles. The second-order valence-electron chi connectivity index (χ2n) is 7.67. The van der Waals surface area contributed by atoms with Crippen LogP contribution in [0.1, 0.15) is 5.56 Å². The van der Waals surface area contributed by atoms with E-state index < -0.39 is 13.3 Å². The van der Waals surface area contributed by atoms with Crippen LogP contribution in [0.15, 0.2) is 66.9 Å². The molecule has 0 atom stereocenters. The Kier molecular flexibility index (Phi) is 4.05. The van der Waals surface area contributed by atoms with Crippen molar-refractivity contribution in [2.45, 2.75) is 17.3 Å². The Morgan fingerprint density at radius 2 is 1.62 bits per heavy atom. The summed E-state index contributed by atoms with van der Waals surface area (Å²) in [7, 11) is 0. The summed E-state index contributed by atoms with van der Waals surface area (Å²) in [5.74, 6) is 7.25. The first-order valence-corrected chi connectivity index (χ1v) is 16.1. The molecule has 4 rings (SSSR count). The molecule has 3 aromatic carbocycles. The molecule has 1 aromatic heterocycles. The van der Waals surface area contributed by atoms with Gasteiger partial charge in [-0.2, -0.15) is 0 Å². The molecule has 0 spiro atoms. The predicted molar refractivity (Wildman–Crippen MR) is 112 cm³/mol. The maximum absolute atomic E-state index is 9.61. The molecule has 126 valence electrons. The van der Waals surface area contributed by atoms with Crippen molar-refractivity contribution in [1.82, 2.24) is 4.98 Å². The van der Waals surface area contributed by atoms with Gasteiger partial charge in [-0.3, -0.25) is 0 Å². The van der Waals surface area contributed by atoms with Gasteiger partial charge in [-0.25, -0.2) is 0 Å². The number of nitriles is 1. The average molecular weight is 397 g/mol. The number of hydrogen-bond donors (Lipinski definition) is 0. The minimum atomic E-state index is -1.99. The zero-order valence-electron chi connectivity index (χ0n) is 15.2. The monoisotopic (exact) mass is 398 g/mol. The third-order valence-electron chi connectivity index (χ3n) is 4.87. The quantitative estimate of drug-likeness (QED) is 0.421. The third-order valence-corrected chi connectivity index (χ3v) is 9.18. The Hall–Kier alpha value is -2.64. The molecule has 0 bridgehead atoms.